The predicted molar refractivity (Wildman–Crippen MR) is 72.7 cm³/mol. The topological polar surface area (TPSA) is 54.9 Å². The molecule has 4 nitrogen and oxygen atoms in total. The summed E-state index contributed by atoms with van der Waals surface area (Å²) < 4.78 is 26.1. The van der Waals surface area contributed by atoms with Gasteiger partial charge in [-0.25, -0.2) is 8.78 Å². The molecule has 1 aliphatic carbocycles. The molecule has 0 aliphatic heterocycles. The fourth-order valence-corrected chi connectivity index (χ4v) is 2.75. The van der Waals surface area contributed by atoms with Gasteiger partial charge in [0.05, 0.1) is 5.52 Å². The summed E-state index contributed by atoms with van der Waals surface area (Å²) in [5.41, 5.74) is 1.60. The highest BCUT2D eigenvalue weighted by molar-refractivity contribution is 9.10. The van der Waals surface area contributed by atoms with Crippen LogP contribution in [0.5, 0.6) is 0 Å². The molecule has 1 aromatic heterocycles. The summed E-state index contributed by atoms with van der Waals surface area (Å²) in [6, 6.07) is 2.75. The number of benzene rings is 1. The highest BCUT2D eigenvalue weighted by atomic mass is 79.9. The molecule has 2 aromatic rings. The third-order valence-electron chi connectivity index (χ3n) is 3.21. The van der Waals surface area contributed by atoms with Crippen LogP contribution in [0.1, 0.15) is 23.2 Å². The highest BCUT2D eigenvalue weighted by Gasteiger charge is 2.45. The summed E-state index contributed by atoms with van der Waals surface area (Å²) in [5, 5.41) is 2.59. The third-order valence-corrected chi connectivity index (χ3v) is 3.82. The maximum atomic E-state index is 12.7. The molecule has 0 radical (unpaired) electrons. The number of alkyl halides is 2. The molecular weight excluding hydrogens is 332 g/mol. The smallest absolute Gasteiger partial charge is 0.252 e. The van der Waals surface area contributed by atoms with Gasteiger partial charge < -0.3 is 5.32 Å². The van der Waals surface area contributed by atoms with Crippen molar-refractivity contribution in [3.8, 4) is 0 Å². The molecule has 0 bridgehead atoms. The van der Waals surface area contributed by atoms with Gasteiger partial charge in [0, 0.05) is 41.3 Å². The number of nitrogens with one attached hydrogen (secondary N) is 1. The average Bonchev–Trinajstić information content (AvgIpc) is 2.36. The zero-order valence-electron chi connectivity index (χ0n) is 10.2. The van der Waals surface area contributed by atoms with Gasteiger partial charge in [-0.2, -0.15) is 0 Å². The summed E-state index contributed by atoms with van der Waals surface area (Å²) in [5.74, 6) is -3.02. The molecule has 1 heterocycles. The van der Waals surface area contributed by atoms with Gasteiger partial charge in [0.15, 0.2) is 0 Å². The van der Waals surface area contributed by atoms with E-state index in [0.717, 1.165) is 0 Å². The van der Waals surface area contributed by atoms with Crippen LogP contribution in [-0.4, -0.2) is 27.8 Å². The number of rotatable bonds is 2. The number of halogens is 3. The summed E-state index contributed by atoms with van der Waals surface area (Å²) in [6.07, 6.45) is 2.49. The lowest BCUT2D eigenvalue weighted by Crippen LogP contribution is -2.50. The monoisotopic (exact) mass is 341 g/mol. The molecule has 0 saturated heterocycles. The van der Waals surface area contributed by atoms with Crippen LogP contribution in [0.25, 0.3) is 11.0 Å². The Hall–Kier alpha value is -1.63. The minimum Gasteiger partial charge on any atom is -0.349 e. The van der Waals surface area contributed by atoms with E-state index in [9.17, 15) is 13.6 Å². The Balaban J connectivity index is 1.82. The molecule has 1 fully saturated rings. The Morgan fingerprint density at radius 2 is 2.00 bits per heavy atom. The molecule has 1 aromatic carbocycles. The summed E-state index contributed by atoms with van der Waals surface area (Å²) in [4.78, 5) is 20.3. The van der Waals surface area contributed by atoms with Crippen LogP contribution in [0.3, 0.4) is 0 Å². The van der Waals surface area contributed by atoms with Crippen LogP contribution in [0.4, 0.5) is 8.78 Å². The number of hydrogen-bond donors (Lipinski definition) is 1. The van der Waals surface area contributed by atoms with Gasteiger partial charge >= 0.3 is 0 Å². The molecule has 104 valence electrons. The number of aromatic nitrogens is 2. The van der Waals surface area contributed by atoms with Crippen molar-refractivity contribution in [1.82, 2.24) is 15.3 Å². The van der Waals surface area contributed by atoms with Crippen molar-refractivity contribution in [2.45, 2.75) is 24.8 Å². The molecule has 0 atom stereocenters. The van der Waals surface area contributed by atoms with Crippen molar-refractivity contribution in [1.29, 1.82) is 0 Å². The summed E-state index contributed by atoms with van der Waals surface area (Å²) in [7, 11) is 0. The lowest BCUT2D eigenvalue weighted by atomic mass is 9.88. The van der Waals surface area contributed by atoms with Crippen molar-refractivity contribution in [2.75, 3.05) is 0 Å². The molecule has 1 N–H and O–H groups in total. The number of hydrogen-bond acceptors (Lipinski definition) is 3. The SMILES string of the molecule is O=C(NC1CC(F)(F)C1)c1cc(Br)c2nccnc2c1. The first-order valence-electron chi connectivity index (χ1n) is 6.03. The Morgan fingerprint density at radius 1 is 1.30 bits per heavy atom. The zero-order valence-corrected chi connectivity index (χ0v) is 11.8. The average molecular weight is 342 g/mol. The Bertz CT molecular complexity index is 684. The normalized spacial score (nSPS) is 17.8. The highest BCUT2D eigenvalue weighted by Crippen LogP contribution is 2.37. The zero-order chi connectivity index (χ0) is 14.3. The summed E-state index contributed by atoms with van der Waals surface area (Å²) >= 11 is 3.33. The van der Waals surface area contributed by atoms with E-state index >= 15 is 0 Å². The van der Waals surface area contributed by atoms with E-state index in [1.54, 1.807) is 18.3 Å². The largest absolute Gasteiger partial charge is 0.349 e. The van der Waals surface area contributed by atoms with E-state index in [1.165, 1.54) is 6.20 Å². The standard InChI is InChI=1S/C13H10BrF2N3O/c14-9-3-7(4-10-11(9)18-2-1-17-10)12(20)19-8-5-13(15,16)6-8/h1-4,8H,5-6H2,(H,19,20). The second-order valence-corrected chi connectivity index (χ2v) is 5.67. The fraction of sp³-hybridized carbons (Fsp3) is 0.308. The maximum absolute atomic E-state index is 12.7. The van der Waals surface area contributed by atoms with E-state index in [0.29, 0.717) is 21.1 Å². The summed E-state index contributed by atoms with van der Waals surface area (Å²) in [6.45, 7) is 0. The van der Waals surface area contributed by atoms with Crippen LogP contribution in [0, 0.1) is 0 Å². The minimum atomic E-state index is -2.65. The first kappa shape index (κ1) is 13.4. The Labute approximate surface area is 121 Å². The quantitative estimate of drug-likeness (QED) is 0.913. The van der Waals surface area contributed by atoms with E-state index in [2.05, 4.69) is 31.2 Å². The third kappa shape index (κ3) is 2.49. The first-order valence-corrected chi connectivity index (χ1v) is 6.83. The van der Waals surface area contributed by atoms with E-state index in [1.807, 2.05) is 0 Å². The lowest BCUT2D eigenvalue weighted by Gasteiger charge is -2.35. The molecule has 3 rings (SSSR count). The number of nitrogens with zero attached hydrogens (tertiary/aromatic N) is 2. The molecule has 0 spiro atoms. The van der Waals surface area contributed by atoms with Crippen molar-refractivity contribution in [2.24, 2.45) is 0 Å². The van der Waals surface area contributed by atoms with E-state index in [-0.39, 0.29) is 18.7 Å². The van der Waals surface area contributed by atoms with Gasteiger partial charge in [-0.05, 0) is 28.1 Å². The van der Waals surface area contributed by atoms with Crippen molar-refractivity contribution >= 4 is 32.9 Å². The van der Waals surface area contributed by atoms with Crippen molar-refractivity contribution in [3.63, 3.8) is 0 Å². The predicted octanol–water partition coefficient (Wildman–Crippen LogP) is 2.92. The fourth-order valence-electron chi connectivity index (χ4n) is 2.20. The molecule has 0 unspecified atom stereocenters. The molecule has 7 heteroatoms. The molecule has 1 aliphatic rings. The van der Waals surface area contributed by atoms with Gasteiger partial charge in [-0.3, -0.25) is 14.8 Å². The van der Waals surface area contributed by atoms with Crippen LogP contribution >= 0.6 is 15.9 Å². The van der Waals surface area contributed by atoms with Crippen LogP contribution in [-0.2, 0) is 0 Å². The van der Waals surface area contributed by atoms with Crippen LogP contribution in [0.2, 0.25) is 0 Å². The second-order valence-electron chi connectivity index (χ2n) is 4.82. The van der Waals surface area contributed by atoms with Gasteiger partial charge in [-0.1, -0.05) is 0 Å². The number of carbonyl (C=O) groups excluding carboxylic acids is 1. The van der Waals surface area contributed by atoms with Crippen LogP contribution in [0.15, 0.2) is 29.0 Å². The number of carbonyl (C=O) groups is 1. The van der Waals surface area contributed by atoms with Crippen LogP contribution < -0.4 is 5.32 Å². The minimum absolute atomic E-state index is 0.298. The molecule has 1 amide bonds. The second kappa shape index (κ2) is 4.73. The van der Waals surface area contributed by atoms with Gasteiger partial charge in [-0.15, -0.1) is 0 Å². The molecule has 1 saturated carbocycles. The van der Waals surface area contributed by atoms with Gasteiger partial charge in [0.25, 0.3) is 11.8 Å². The van der Waals surface area contributed by atoms with E-state index < -0.39 is 12.0 Å². The molecular formula is C13H10BrF2N3O. The van der Waals surface area contributed by atoms with E-state index in [4.69, 9.17) is 0 Å². The first-order chi connectivity index (χ1) is 9.44. The van der Waals surface area contributed by atoms with Gasteiger partial charge in [0.1, 0.15) is 5.52 Å². The number of amides is 1. The maximum Gasteiger partial charge on any atom is 0.252 e. The lowest BCUT2D eigenvalue weighted by molar-refractivity contribution is -0.0901. The number of fused-ring (bicyclic) bond motifs is 1. The Kier molecular flexibility index (Phi) is 3.16. The van der Waals surface area contributed by atoms with Crippen molar-refractivity contribution < 1.29 is 13.6 Å². The Morgan fingerprint density at radius 3 is 2.70 bits per heavy atom. The molecule has 20 heavy (non-hydrogen) atoms. The van der Waals surface area contributed by atoms with Gasteiger partial charge in [0.2, 0.25) is 0 Å². The van der Waals surface area contributed by atoms with Crippen molar-refractivity contribution in [3.05, 3.63) is 34.6 Å².